The Morgan fingerprint density at radius 3 is 2.12 bits per heavy atom. The summed E-state index contributed by atoms with van der Waals surface area (Å²) in [5.74, 6) is -1.73. The summed E-state index contributed by atoms with van der Waals surface area (Å²) in [4.78, 5) is 28.0. The van der Waals surface area contributed by atoms with E-state index >= 15 is 0 Å². The summed E-state index contributed by atoms with van der Waals surface area (Å²) in [5, 5.41) is 9.39. The molecule has 7 nitrogen and oxygen atoms in total. The molecule has 0 bridgehead atoms. The zero-order valence-electron chi connectivity index (χ0n) is 22.3. The fourth-order valence-electron chi connectivity index (χ4n) is 6.15. The molecule has 1 aromatic rings. The Morgan fingerprint density at radius 2 is 1.55 bits per heavy atom. The van der Waals surface area contributed by atoms with Crippen LogP contribution in [0.5, 0.6) is 0 Å². The molecule has 0 aliphatic carbocycles. The van der Waals surface area contributed by atoms with Crippen LogP contribution in [0.25, 0.3) is 0 Å². The van der Waals surface area contributed by atoms with Gasteiger partial charge < -0.3 is 19.6 Å². The number of ether oxygens (including phenoxy) is 1. The monoisotopic (exact) mass is 619 g/mol. The van der Waals surface area contributed by atoms with E-state index in [1.807, 2.05) is 4.90 Å². The Hall–Kier alpha value is -2.91. The zero-order chi connectivity index (χ0) is 31.1. The maximum atomic E-state index is 13.8. The van der Waals surface area contributed by atoms with Crippen LogP contribution < -0.4 is 4.90 Å². The minimum Gasteiger partial charge on any atom is -0.481 e. The summed E-state index contributed by atoms with van der Waals surface area (Å²) in [5.41, 5.74) is -0.917. The fraction of sp³-hybridized carbons (Fsp3) is 0.692. The molecule has 1 aromatic carbocycles. The molecule has 0 radical (unpaired) electrons. The number of aliphatic carboxylic acids is 1. The predicted molar refractivity (Wildman–Crippen MR) is 130 cm³/mol. The second-order valence-electron chi connectivity index (χ2n) is 11.1. The Kier molecular flexibility index (Phi) is 8.87. The molecule has 0 unspecified atom stereocenters. The SMILES string of the molecule is O=C(O)[C@H]1CCCN(c2cc(CN3CCCC34CCN(C(=O)OC(C(F)(F)F)C(F)(F)F)CC4)cc(C(F)(F)F)c2)C1. The van der Waals surface area contributed by atoms with Crippen LogP contribution in [-0.4, -0.2) is 83.7 Å². The van der Waals surface area contributed by atoms with Gasteiger partial charge in [-0.05, 0) is 68.8 Å². The van der Waals surface area contributed by atoms with Gasteiger partial charge in [-0.2, -0.15) is 39.5 Å². The molecular formula is C26H30F9N3O4. The van der Waals surface area contributed by atoms with Crippen molar-refractivity contribution in [3.05, 3.63) is 29.3 Å². The number of alkyl halides is 9. The van der Waals surface area contributed by atoms with E-state index in [-0.39, 0.29) is 44.7 Å². The van der Waals surface area contributed by atoms with Crippen molar-refractivity contribution in [2.45, 2.75) is 75.2 Å². The fourth-order valence-corrected chi connectivity index (χ4v) is 6.15. The molecule has 1 amide bonds. The maximum Gasteiger partial charge on any atom is 0.434 e. The molecule has 3 aliphatic heterocycles. The average molecular weight is 620 g/mol. The molecule has 3 fully saturated rings. The predicted octanol–water partition coefficient (Wildman–Crippen LogP) is 6.07. The third-order valence-corrected chi connectivity index (χ3v) is 8.32. The smallest absolute Gasteiger partial charge is 0.434 e. The van der Waals surface area contributed by atoms with Gasteiger partial charge in [0.15, 0.2) is 0 Å². The molecule has 42 heavy (non-hydrogen) atoms. The van der Waals surface area contributed by atoms with Gasteiger partial charge in [-0.15, -0.1) is 0 Å². The third kappa shape index (κ3) is 7.17. The van der Waals surface area contributed by atoms with Gasteiger partial charge in [0.1, 0.15) is 0 Å². The van der Waals surface area contributed by atoms with Crippen LogP contribution in [0.1, 0.15) is 49.7 Å². The minimum atomic E-state index is -5.83. The van der Waals surface area contributed by atoms with E-state index in [9.17, 15) is 54.2 Å². The van der Waals surface area contributed by atoms with Gasteiger partial charge in [0.2, 0.25) is 0 Å². The number of rotatable bonds is 5. The lowest BCUT2D eigenvalue weighted by atomic mass is 9.84. The summed E-state index contributed by atoms with van der Waals surface area (Å²) in [7, 11) is 0. The lowest BCUT2D eigenvalue weighted by molar-refractivity contribution is -0.308. The van der Waals surface area contributed by atoms with Gasteiger partial charge in [0, 0.05) is 44.0 Å². The number of anilines is 1. The van der Waals surface area contributed by atoms with E-state index in [0.717, 1.165) is 17.0 Å². The van der Waals surface area contributed by atoms with Crippen molar-refractivity contribution in [3.8, 4) is 0 Å². The van der Waals surface area contributed by atoms with Crippen molar-refractivity contribution in [1.82, 2.24) is 9.80 Å². The molecule has 236 valence electrons. The van der Waals surface area contributed by atoms with Gasteiger partial charge in [-0.25, -0.2) is 4.79 Å². The highest BCUT2D eigenvalue weighted by molar-refractivity contribution is 5.71. The standard InChI is InChI=1S/C26H30F9N3O4/c27-24(28,29)18-11-16(12-19(13-18)37-7-1-3-17(15-37)20(39)40)14-38-8-2-4-23(38)5-9-36(10-6-23)22(41)42-21(25(30,31)32)26(33,34)35/h11-13,17,21H,1-10,14-15H2,(H,39,40)/t17-/m0/s1. The van der Waals surface area contributed by atoms with Crippen molar-refractivity contribution >= 4 is 17.7 Å². The first-order valence-corrected chi connectivity index (χ1v) is 13.4. The molecule has 4 rings (SSSR count). The van der Waals surface area contributed by atoms with Gasteiger partial charge in [0.25, 0.3) is 6.10 Å². The van der Waals surface area contributed by atoms with Crippen LogP contribution in [-0.2, 0) is 22.3 Å². The molecular weight excluding hydrogens is 589 g/mol. The van der Waals surface area contributed by atoms with E-state index in [1.165, 1.54) is 0 Å². The van der Waals surface area contributed by atoms with E-state index in [1.54, 1.807) is 11.0 Å². The number of halogens is 9. The largest absolute Gasteiger partial charge is 0.481 e. The van der Waals surface area contributed by atoms with Gasteiger partial charge in [-0.3, -0.25) is 9.69 Å². The Bertz CT molecular complexity index is 1130. The van der Waals surface area contributed by atoms with Crippen molar-refractivity contribution in [2.75, 3.05) is 37.6 Å². The van der Waals surface area contributed by atoms with E-state index in [2.05, 4.69) is 4.74 Å². The first-order valence-electron chi connectivity index (χ1n) is 13.4. The summed E-state index contributed by atoms with van der Waals surface area (Å²) in [6.07, 6.45) is -19.8. The molecule has 0 aromatic heterocycles. The van der Waals surface area contributed by atoms with Gasteiger partial charge in [0.05, 0.1) is 11.5 Å². The average Bonchev–Trinajstić information content (AvgIpc) is 3.26. The second-order valence-corrected chi connectivity index (χ2v) is 11.1. The molecule has 1 spiro atoms. The number of piperidine rings is 2. The topological polar surface area (TPSA) is 73.3 Å². The highest BCUT2D eigenvalue weighted by atomic mass is 19.4. The number of hydrogen-bond donors (Lipinski definition) is 1. The zero-order valence-corrected chi connectivity index (χ0v) is 22.3. The van der Waals surface area contributed by atoms with Crippen LogP contribution in [0.2, 0.25) is 0 Å². The lowest BCUT2D eigenvalue weighted by Crippen LogP contribution is -2.54. The number of carboxylic acids is 1. The molecule has 16 heteroatoms. The number of carbonyl (C=O) groups excluding carboxylic acids is 1. The van der Waals surface area contributed by atoms with Crippen LogP contribution >= 0.6 is 0 Å². The maximum absolute atomic E-state index is 13.8. The molecule has 0 saturated carbocycles. The number of carbonyl (C=O) groups is 2. The molecule has 1 atom stereocenters. The number of benzene rings is 1. The molecule has 3 aliphatic rings. The number of amides is 1. The first-order chi connectivity index (χ1) is 19.4. The Morgan fingerprint density at radius 1 is 0.905 bits per heavy atom. The quantitative estimate of drug-likeness (QED) is 0.404. The van der Waals surface area contributed by atoms with E-state index in [0.29, 0.717) is 44.3 Å². The van der Waals surface area contributed by atoms with Crippen molar-refractivity contribution < 1.29 is 58.9 Å². The van der Waals surface area contributed by atoms with Gasteiger partial charge >= 0.3 is 30.6 Å². The third-order valence-electron chi connectivity index (χ3n) is 8.32. The number of hydrogen-bond acceptors (Lipinski definition) is 5. The first kappa shape index (κ1) is 32.0. The molecule has 1 N–H and O–H groups in total. The Balaban J connectivity index is 1.48. The summed E-state index contributed by atoms with van der Waals surface area (Å²) < 4.78 is 122. The lowest BCUT2D eigenvalue weighted by Gasteiger charge is -2.45. The normalized spacial score (nSPS) is 22.2. The van der Waals surface area contributed by atoms with Crippen LogP contribution in [0.4, 0.5) is 50.0 Å². The Labute approximate surface area is 235 Å². The summed E-state index contributed by atoms with van der Waals surface area (Å²) >= 11 is 0. The minimum absolute atomic E-state index is 0.0687. The van der Waals surface area contributed by atoms with Crippen LogP contribution in [0.3, 0.4) is 0 Å². The van der Waals surface area contributed by atoms with Crippen molar-refractivity contribution in [2.24, 2.45) is 5.92 Å². The number of likely N-dealkylation sites (tertiary alicyclic amines) is 2. The van der Waals surface area contributed by atoms with Gasteiger partial charge in [-0.1, -0.05) is 0 Å². The van der Waals surface area contributed by atoms with Crippen molar-refractivity contribution in [1.29, 1.82) is 0 Å². The molecule has 3 heterocycles. The van der Waals surface area contributed by atoms with Crippen LogP contribution in [0, 0.1) is 5.92 Å². The van der Waals surface area contributed by atoms with Crippen LogP contribution in [0.15, 0.2) is 18.2 Å². The van der Waals surface area contributed by atoms with Crippen molar-refractivity contribution in [3.63, 3.8) is 0 Å². The summed E-state index contributed by atoms with van der Waals surface area (Å²) in [6, 6.07) is 3.61. The number of nitrogens with zero attached hydrogens (tertiary/aromatic N) is 3. The van der Waals surface area contributed by atoms with E-state index < -0.39 is 53.7 Å². The van der Waals surface area contributed by atoms with E-state index in [4.69, 9.17) is 0 Å². The summed E-state index contributed by atoms with van der Waals surface area (Å²) in [6.45, 7) is 0.672. The number of carboxylic acid groups (broad SMARTS) is 1. The second kappa shape index (κ2) is 11.6. The highest BCUT2D eigenvalue weighted by Crippen LogP contribution is 2.42. The molecule has 3 saturated heterocycles. The highest BCUT2D eigenvalue weighted by Gasteiger charge is 2.60.